The van der Waals surface area contributed by atoms with E-state index in [2.05, 4.69) is 20.8 Å². The number of halogens is 3. The Morgan fingerprint density at radius 2 is 1.63 bits per heavy atom. The Morgan fingerprint density at radius 3 is 2.16 bits per heavy atom. The van der Waals surface area contributed by atoms with Gasteiger partial charge in [-0.15, -0.1) is 11.3 Å². The van der Waals surface area contributed by atoms with Crippen LogP contribution in [0.5, 0.6) is 0 Å². The molecule has 0 spiro atoms. The maximum absolute atomic E-state index is 12.7. The molecule has 0 saturated carbocycles. The first kappa shape index (κ1) is 14.1. The standard InChI is InChI=1S/C15H15F3S/c1-14(2,3)13-8-7-12(19-13)10-5-4-6-11(9-10)15(16,17)18/h4-9H,1-3H3. The lowest BCUT2D eigenvalue weighted by Crippen LogP contribution is -2.07. The minimum Gasteiger partial charge on any atom is -0.166 e. The molecule has 0 aliphatic heterocycles. The second-order valence-corrected chi connectivity index (χ2v) is 6.58. The smallest absolute Gasteiger partial charge is 0.166 e. The fraction of sp³-hybridized carbons (Fsp3) is 0.333. The summed E-state index contributed by atoms with van der Waals surface area (Å²) in [6.45, 7) is 6.28. The molecule has 102 valence electrons. The van der Waals surface area contributed by atoms with Crippen molar-refractivity contribution in [2.45, 2.75) is 32.4 Å². The highest BCUT2D eigenvalue weighted by molar-refractivity contribution is 7.15. The first-order valence-electron chi connectivity index (χ1n) is 5.96. The molecule has 2 aromatic rings. The van der Waals surface area contributed by atoms with Crippen LogP contribution in [-0.4, -0.2) is 0 Å². The maximum Gasteiger partial charge on any atom is 0.416 e. The largest absolute Gasteiger partial charge is 0.416 e. The monoisotopic (exact) mass is 284 g/mol. The summed E-state index contributed by atoms with van der Waals surface area (Å²) in [7, 11) is 0. The Kier molecular flexibility index (Phi) is 3.47. The number of benzene rings is 1. The van der Waals surface area contributed by atoms with Crippen LogP contribution in [0.25, 0.3) is 10.4 Å². The van der Waals surface area contributed by atoms with E-state index in [4.69, 9.17) is 0 Å². The van der Waals surface area contributed by atoms with E-state index < -0.39 is 11.7 Å². The van der Waals surface area contributed by atoms with Gasteiger partial charge in [-0.05, 0) is 35.2 Å². The minimum absolute atomic E-state index is 0.0184. The number of thiophene rings is 1. The lowest BCUT2D eigenvalue weighted by atomic mass is 9.95. The van der Waals surface area contributed by atoms with Gasteiger partial charge in [0.15, 0.2) is 0 Å². The Bertz CT molecular complexity index is 574. The summed E-state index contributed by atoms with van der Waals surface area (Å²) in [4.78, 5) is 2.04. The second kappa shape index (κ2) is 4.67. The van der Waals surface area contributed by atoms with Gasteiger partial charge in [0.2, 0.25) is 0 Å². The highest BCUT2D eigenvalue weighted by Crippen LogP contribution is 2.37. The van der Waals surface area contributed by atoms with Crippen molar-refractivity contribution in [2.24, 2.45) is 0 Å². The van der Waals surface area contributed by atoms with E-state index in [1.165, 1.54) is 17.0 Å². The normalized spacial score (nSPS) is 12.7. The van der Waals surface area contributed by atoms with Gasteiger partial charge in [-0.3, -0.25) is 0 Å². The third kappa shape index (κ3) is 3.18. The van der Waals surface area contributed by atoms with Gasteiger partial charge >= 0.3 is 6.18 Å². The zero-order chi connectivity index (χ0) is 14.3. The molecule has 0 aliphatic rings. The average Bonchev–Trinajstić information content (AvgIpc) is 2.77. The molecule has 19 heavy (non-hydrogen) atoms. The lowest BCUT2D eigenvalue weighted by molar-refractivity contribution is -0.137. The van der Waals surface area contributed by atoms with Crippen molar-refractivity contribution >= 4 is 11.3 Å². The molecule has 0 amide bonds. The number of alkyl halides is 3. The molecule has 0 aliphatic carbocycles. The van der Waals surface area contributed by atoms with Crippen LogP contribution in [0.1, 0.15) is 31.2 Å². The zero-order valence-electron chi connectivity index (χ0n) is 11.0. The maximum atomic E-state index is 12.7. The fourth-order valence-electron chi connectivity index (χ4n) is 1.74. The van der Waals surface area contributed by atoms with E-state index >= 15 is 0 Å². The zero-order valence-corrected chi connectivity index (χ0v) is 11.8. The van der Waals surface area contributed by atoms with Crippen LogP contribution in [-0.2, 0) is 11.6 Å². The van der Waals surface area contributed by atoms with Crippen molar-refractivity contribution in [2.75, 3.05) is 0 Å². The molecule has 0 saturated heterocycles. The number of rotatable bonds is 1. The van der Waals surface area contributed by atoms with Gasteiger partial charge in [0.05, 0.1) is 5.56 Å². The number of hydrogen-bond acceptors (Lipinski definition) is 1. The predicted molar refractivity (Wildman–Crippen MR) is 73.5 cm³/mol. The van der Waals surface area contributed by atoms with E-state index in [1.54, 1.807) is 17.4 Å². The van der Waals surface area contributed by atoms with Crippen LogP contribution in [0.2, 0.25) is 0 Å². The van der Waals surface area contributed by atoms with Crippen LogP contribution in [0.15, 0.2) is 36.4 Å². The third-order valence-electron chi connectivity index (χ3n) is 2.82. The Hall–Kier alpha value is -1.29. The molecular formula is C15H15F3S. The third-order valence-corrected chi connectivity index (χ3v) is 4.38. The summed E-state index contributed by atoms with van der Waals surface area (Å²) in [5, 5.41) is 0. The molecule has 0 bridgehead atoms. The summed E-state index contributed by atoms with van der Waals surface area (Å²) >= 11 is 1.54. The first-order valence-corrected chi connectivity index (χ1v) is 6.77. The molecule has 0 fully saturated rings. The van der Waals surface area contributed by atoms with Crippen LogP contribution < -0.4 is 0 Å². The predicted octanol–water partition coefficient (Wildman–Crippen LogP) is 5.73. The molecule has 1 heterocycles. The number of hydrogen-bond donors (Lipinski definition) is 0. The van der Waals surface area contributed by atoms with Crippen molar-refractivity contribution in [3.8, 4) is 10.4 Å². The van der Waals surface area contributed by atoms with Gasteiger partial charge in [-0.1, -0.05) is 32.9 Å². The fourth-order valence-corrected chi connectivity index (χ4v) is 2.81. The van der Waals surface area contributed by atoms with Gasteiger partial charge in [0, 0.05) is 9.75 Å². The summed E-state index contributed by atoms with van der Waals surface area (Å²) in [5.41, 5.74) is 0.0379. The van der Waals surface area contributed by atoms with Crippen molar-refractivity contribution < 1.29 is 13.2 Å². The lowest BCUT2D eigenvalue weighted by Gasteiger charge is -2.15. The van der Waals surface area contributed by atoms with Crippen LogP contribution in [0, 0.1) is 0 Å². The van der Waals surface area contributed by atoms with E-state index in [9.17, 15) is 13.2 Å². The first-order chi connectivity index (χ1) is 8.68. The van der Waals surface area contributed by atoms with Crippen molar-refractivity contribution in [3.63, 3.8) is 0 Å². The molecule has 1 aromatic heterocycles. The molecule has 0 nitrogen and oxygen atoms in total. The average molecular weight is 284 g/mol. The van der Waals surface area contributed by atoms with Gasteiger partial charge in [-0.25, -0.2) is 0 Å². The van der Waals surface area contributed by atoms with Gasteiger partial charge in [-0.2, -0.15) is 13.2 Å². The van der Waals surface area contributed by atoms with Gasteiger partial charge < -0.3 is 0 Å². The van der Waals surface area contributed by atoms with Crippen LogP contribution >= 0.6 is 11.3 Å². The van der Waals surface area contributed by atoms with Gasteiger partial charge in [0.25, 0.3) is 0 Å². The molecule has 2 rings (SSSR count). The molecule has 1 aromatic carbocycles. The molecule has 0 atom stereocenters. The van der Waals surface area contributed by atoms with E-state index in [0.717, 1.165) is 10.9 Å². The van der Waals surface area contributed by atoms with Gasteiger partial charge in [0.1, 0.15) is 0 Å². The summed E-state index contributed by atoms with van der Waals surface area (Å²) in [6, 6.07) is 9.35. The van der Waals surface area contributed by atoms with E-state index in [-0.39, 0.29) is 5.41 Å². The summed E-state index contributed by atoms with van der Waals surface area (Å²) in [5.74, 6) is 0. The quantitative estimate of drug-likeness (QED) is 0.627. The Labute approximate surface area is 114 Å². The highest BCUT2D eigenvalue weighted by Gasteiger charge is 2.30. The summed E-state index contributed by atoms with van der Waals surface area (Å²) < 4.78 is 38.0. The van der Waals surface area contributed by atoms with E-state index in [0.29, 0.717) is 5.56 Å². The topological polar surface area (TPSA) is 0 Å². The summed E-state index contributed by atoms with van der Waals surface area (Å²) in [6.07, 6.45) is -4.29. The molecule has 0 unspecified atom stereocenters. The van der Waals surface area contributed by atoms with Crippen molar-refractivity contribution in [1.29, 1.82) is 0 Å². The molecular weight excluding hydrogens is 269 g/mol. The minimum atomic E-state index is -4.29. The van der Waals surface area contributed by atoms with Crippen molar-refractivity contribution in [3.05, 3.63) is 46.8 Å². The van der Waals surface area contributed by atoms with Crippen LogP contribution in [0.4, 0.5) is 13.2 Å². The Balaban J connectivity index is 2.40. The second-order valence-electron chi connectivity index (χ2n) is 5.49. The molecule has 4 heteroatoms. The van der Waals surface area contributed by atoms with Crippen LogP contribution in [0.3, 0.4) is 0 Å². The van der Waals surface area contributed by atoms with Crippen molar-refractivity contribution in [1.82, 2.24) is 0 Å². The SMILES string of the molecule is CC(C)(C)c1ccc(-c2cccc(C(F)(F)F)c2)s1. The molecule has 0 radical (unpaired) electrons. The Morgan fingerprint density at radius 1 is 0.947 bits per heavy atom. The highest BCUT2D eigenvalue weighted by atomic mass is 32.1. The molecule has 0 N–H and O–H groups in total. The van der Waals surface area contributed by atoms with E-state index in [1.807, 2.05) is 12.1 Å².